The number of aromatic nitrogens is 1. The van der Waals surface area contributed by atoms with Crippen molar-refractivity contribution in [2.45, 2.75) is 6.92 Å². The van der Waals surface area contributed by atoms with Crippen LogP contribution in [0.2, 0.25) is 10.0 Å². The largest absolute Gasteiger partial charge is 0.462 e. The smallest absolute Gasteiger partial charge is 0.339 e. The predicted molar refractivity (Wildman–Crippen MR) is 78.5 cm³/mol. The van der Waals surface area contributed by atoms with Gasteiger partial charge < -0.3 is 9.72 Å². The summed E-state index contributed by atoms with van der Waals surface area (Å²) in [5.41, 5.74) is 0.863. The molecule has 0 fully saturated rings. The highest BCUT2D eigenvalue weighted by atomic mass is 35.5. The summed E-state index contributed by atoms with van der Waals surface area (Å²) < 4.78 is 4.95. The van der Waals surface area contributed by atoms with Crippen LogP contribution in [0.25, 0.3) is 11.1 Å². The topological polar surface area (TPSA) is 59.2 Å². The molecule has 0 aliphatic carbocycles. The second-order valence-corrected chi connectivity index (χ2v) is 4.81. The standard InChI is InChI=1S/C14H11Cl2NO3/c1-2-20-14(19)10-6-13(18)17-7-11(10)9-4-3-8(15)5-12(9)16/h3-7H,2H2,1H3,(H,17,18). The minimum absolute atomic E-state index is 0.167. The summed E-state index contributed by atoms with van der Waals surface area (Å²) in [5, 5.41) is 0.871. The summed E-state index contributed by atoms with van der Waals surface area (Å²) >= 11 is 12.0. The second-order valence-electron chi connectivity index (χ2n) is 3.97. The molecule has 0 atom stereocenters. The molecule has 2 aromatic rings. The Bertz CT molecular complexity index is 710. The number of hydrogen-bond acceptors (Lipinski definition) is 3. The van der Waals surface area contributed by atoms with Crippen LogP contribution in [0.15, 0.2) is 35.3 Å². The summed E-state index contributed by atoms with van der Waals surface area (Å²) in [7, 11) is 0. The molecule has 0 bridgehead atoms. The number of ether oxygens (including phenoxy) is 1. The van der Waals surface area contributed by atoms with Gasteiger partial charge in [-0.25, -0.2) is 4.79 Å². The first-order valence-corrected chi connectivity index (χ1v) is 6.63. The Hall–Kier alpha value is -1.78. The van der Waals surface area contributed by atoms with Crippen molar-refractivity contribution in [3.05, 3.63) is 56.4 Å². The molecular formula is C14H11Cl2NO3. The zero-order chi connectivity index (χ0) is 14.7. The van der Waals surface area contributed by atoms with Crippen molar-refractivity contribution in [1.82, 2.24) is 4.98 Å². The van der Waals surface area contributed by atoms with E-state index in [2.05, 4.69) is 4.98 Å². The van der Waals surface area contributed by atoms with Gasteiger partial charge in [-0.1, -0.05) is 29.3 Å². The van der Waals surface area contributed by atoms with Crippen LogP contribution in [0.5, 0.6) is 0 Å². The summed E-state index contributed by atoms with van der Waals surface area (Å²) in [5.74, 6) is -0.570. The van der Waals surface area contributed by atoms with Gasteiger partial charge in [-0.05, 0) is 19.1 Å². The van der Waals surface area contributed by atoms with Gasteiger partial charge in [-0.15, -0.1) is 0 Å². The fourth-order valence-corrected chi connectivity index (χ4v) is 2.29. The highest BCUT2D eigenvalue weighted by Gasteiger charge is 2.16. The van der Waals surface area contributed by atoms with Crippen LogP contribution in [-0.2, 0) is 4.74 Å². The fraction of sp³-hybridized carbons (Fsp3) is 0.143. The zero-order valence-electron chi connectivity index (χ0n) is 10.6. The molecule has 0 aliphatic heterocycles. The zero-order valence-corrected chi connectivity index (χ0v) is 12.1. The fourth-order valence-electron chi connectivity index (χ4n) is 1.78. The van der Waals surface area contributed by atoms with Gasteiger partial charge in [0.05, 0.1) is 12.2 Å². The number of esters is 1. The second kappa shape index (κ2) is 6.11. The molecule has 1 aromatic heterocycles. The van der Waals surface area contributed by atoms with Crippen LogP contribution in [-0.4, -0.2) is 17.6 Å². The number of carbonyl (C=O) groups excluding carboxylic acids is 1. The molecule has 0 amide bonds. The van der Waals surface area contributed by atoms with E-state index in [0.717, 1.165) is 0 Å². The number of aromatic amines is 1. The average Bonchev–Trinajstić information content (AvgIpc) is 2.39. The van der Waals surface area contributed by atoms with Crippen molar-refractivity contribution >= 4 is 29.2 Å². The van der Waals surface area contributed by atoms with Gasteiger partial charge in [-0.2, -0.15) is 0 Å². The molecule has 6 heteroatoms. The number of halogens is 2. The molecule has 4 nitrogen and oxygen atoms in total. The molecule has 0 spiro atoms. The number of H-pyrrole nitrogens is 1. The minimum Gasteiger partial charge on any atom is -0.462 e. The molecule has 0 unspecified atom stereocenters. The number of nitrogens with one attached hydrogen (secondary N) is 1. The maximum Gasteiger partial charge on any atom is 0.339 e. The van der Waals surface area contributed by atoms with E-state index in [0.29, 0.717) is 21.2 Å². The van der Waals surface area contributed by atoms with E-state index >= 15 is 0 Å². The molecule has 0 saturated heterocycles. The lowest BCUT2D eigenvalue weighted by atomic mass is 10.0. The van der Waals surface area contributed by atoms with Gasteiger partial charge in [-0.3, -0.25) is 4.79 Å². The Balaban J connectivity index is 2.61. The van der Waals surface area contributed by atoms with Gasteiger partial charge in [0, 0.05) is 33.4 Å². The molecular weight excluding hydrogens is 301 g/mol. The molecule has 0 aliphatic rings. The van der Waals surface area contributed by atoms with Gasteiger partial charge in [0.25, 0.3) is 0 Å². The first-order valence-electron chi connectivity index (χ1n) is 5.88. The minimum atomic E-state index is -0.570. The van der Waals surface area contributed by atoms with Gasteiger partial charge in [0.2, 0.25) is 5.56 Å². The summed E-state index contributed by atoms with van der Waals surface area (Å²) in [6, 6.07) is 6.10. The number of benzene rings is 1. The van der Waals surface area contributed by atoms with Gasteiger partial charge in [0.1, 0.15) is 0 Å². The van der Waals surface area contributed by atoms with Crippen molar-refractivity contribution in [1.29, 1.82) is 0 Å². The Morgan fingerprint density at radius 1 is 1.25 bits per heavy atom. The van der Waals surface area contributed by atoms with Crippen LogP contribution >= 0.6 is 23.2 Å². The van der Waals surface area contributed by atoms with E-state index in [-0.39, 0.29) is 17.7 Å². The highest BCUT2D eigenvalue weighted by molar-refractivity contribution is 6.36. The van der Waals surface area contributed by atoms with Crippen LogP contribution in [0.1, 0.15) is 17.3 Å². The van der Waals surface area contributed by atoms with Crippen LogP contribution in [0.3, 0.4) is 0 Å². The number of pyridine rings is 1. The first-order chi connectivity index (χ1) is 9.52. The molecule has 2 rings (SSSR count). The van der Waals surface area contributed by atoms with Gasteiger partial charge >= 0.3 is 5.97 Å². The predicted octanol–water partition coefficient (Wildman–Crippen LogP) is 3.53. The third kappa shape index (κ3) is 3.03. The number of rotatable bonds is 3. The molecule has 0 saturated carbocycles. The van der Waals surface area contributed by atoms with Crippen molar-refractivity contribution in [3.63, 3.8) is 0 Å². The van der Waals surface area contributed by atoms with E-state index in [1.165, 1.54) is 12.3 Å². The lowest BCUT2D eigenvalue weighted by molar-refractivity contribution is 0.0527. The number of carbonyl (C=O) groups is 1. The molecule has 1 aromatic carbocycles. The molecule has 104 valence electrons. The molecule has 20 heavy (non-hydrogen) atoms. The maximum absolute atomic E-state index is 11.9. The molecule has 0 radical (unpaired) electrons. The van der Waals surface area contributed by atoms with E-state index in [1.807, 2.05) is 0 Å². The number of hydrogen-bond donors (Lipinski definition) is 1. The van der Waals surface area contributed by atoms with Crippen LogP contribution in [0, 0.1) is 0 Å². The Labute approximate surface area is 125 Å². The van der Waals surface area contributed by atoms with Crippen molar-refractivity contribution in [3.8, 4) is 11.1 Å². The lowest BCUT2D eigenvalue weighted by Gasteiger charge is -2.10. The van der Waals surface area contributed by atoms with Crippen molar-refractivity contribution in [2.75, 3.05) is 6.61 Å². The summed E-state index contributed by atoms with van der Waals surface area (Å²) in [4.78, 5) is 25.9. The first kappa shape index (κ1) is 14.6. The van der Waals surface area contributed by atoms with Crippen molar-refractivity contribution in [2.24, 2.45) is 0 Å². The SMILES string of the molecule is CCOC(=O)c1cc(=O)[nH]cc1-c1ccc(Cl)cc1Cl. The Morgan fingerprint density at radius 2 is 2.00 bits per heavy atom. The van der Waals surface area contributed by atoms with Crippen molar-refractivity contribution < 1.29 is 9.53 Å². The van der Waals surface area contributed by atoms with Crippen LogP contribution < -0.4 is 5.56 Å². The van der Waals surface area contributed by atoms with E-state index in [9.17, 15) is 9.59 Å². The highest BCUT2D eigenvalue weighted by Crippen LogP contribution is 2.31. The Morgan fingerprint density at radius 3 is 2.65 bits per heavy atom. The molecule has 1 N–H and O–H groups in total. The summed E-state index contributed by atoms with van der Waals surface area (Å²) in [6.07, 6.45) is 1.43. The van der Waals surface area contributed by atoms with Crippen LogP contribution in [0.4, 0.5) is 0 Å². The lowest BCUT2D eigenvalue weighted by Crippen LogP contribution is -2.13. The van der Waals surface area contributed by atoms with E-state index in [1.54, 1.807) is 25.1 Å². The third-order valence-electron chi connectivity index (χ3n) is 2.64. The molecule has 1 heterocycles. The van der Waals surface area contributed by atoms with E-state index < -0.39 is 5.97 Å². The Kier molecular flexibility index (Phi) is 4.47. The quantitative estimate of drug-likeness (QED) is 0.882. The average molecular weight is 312 g/mol. The monoisotopic (exact) mass is 311 g/mol. The summed E-state index contributed by atoms with van der Waals surface area (Å²) in [6.45, 7) is 1.92. The normalized spacial score (nSPS) is 10.3. The van der Waals surface area contributed by atoms with Gasteiger partial charge in [0.15, 0.2) is 0 Å². The third-order valence-corrected chi connectivity index (χ3v) is 3.19. The van der Waals surface area contributed by atoms with E-state index in [4.69, 9.17) is 27.9 Å². The maximum atomic E-state index is 11.9.